The highest BCUT2D eigenvalue weighted by Crippen LogP contribution is 2.29. The Morgan fingerprint density at radius 1 is 1.15 bits per heavy atom. The van der Waals surface area contributed by atoms with Gasteiger partial charge in [0.1, 0.15) is 5.75 Å². The second kappa shape index (κ2) is 7.43. The second-order valence-corrected chi connectivity index (χ2v) is 6.24. The van der Waals surface area contributed by atoms with Gasteiger partial charge in [0.15, 0.2) is 0 Å². The first kappa shape index (κ1) is 18.4. The zero-order chi connectivity index (χ0) is 18.8. The lowest BCUT2D eigenvalue weighted by molar-refractivity contribution is -0.114. The van der Waals surface area contributed by atoms with Crippen molar-refractivity contribution in [2.45, 2.75) is 13.5 Å². The molecule has 3 rings (SSSR count). The van der Waals surface area contributed by atoms with Gasteiger partial charge in [-0.05, 0) is 61.0 Å². The van der Waals surface area contributed by atoms with Crippen LogP contribution in [0.5, 0.6) is 5.75 Å². The van der Waals surface area contributed by atoms with E-state index in [0.29, 0.717) is 32.6 Å². The summed E-state index contributed by atoms with van der Waals surface area (Å²) < 4.78 is 29.1. The van der Waals surface area contributed by atoms with Gasteiger partial charge in [-0.15, -0.1) is 0 Å². The monoisotopic (exact) mass is 396 g/mol. The lowest BCUT2D eigenvalue weighted by Crippen LogP contribution is -2.21. The van der Waals surface area contributed by atoms with E-state index in [0.717, 1.165) is 0 Å². The van der Waals surface area contributed by atoms with E-state index in [1.165, 1.54) is 29.3 Å². The maximum absolute atomic E-state index is 12.7. The fourth-order valence-corrected chi connectivity index (χ4v) is 2.70. The van der Waals surface area contributed by atoms with Gasteiger partial charge in [-0.3, -0.25) is 4.79 Å². The molecule has 26 heavy (non-hydrogen) atoms. The van der Waals surface area contributed by atoms with E-state index < -0.39 is 6.61 Å². The summed E-state index contributed by atoms with van der Waals surface area (Å²) in [6, 6.07) is 10.7. The third-order valence-electron chi connectivity index (χ3n) is 3.63. The van der Waals surface area contributed by atoms with Crippen molar-refractivity contribution >= 4 is 46.6 Å². The van der Waals surface area contributed by atoms with Gasteiger partial charge in [-0.1, -0.05) is 23.2 Å². The average Bonchev–Trinajstić information content (AvgIpc) is 2.86. The highest BCUT2D eigenvalue weighted by atomic mass is 35.5. The van der Waals surface area contributed by atoms with E-state index in [4.69, 9.17) is 23.2 Å². The molecule has 134 valence electrons. The highest BCUT2D eigenvalue weighted by molar-refractivity contribution is 6.35. The van der Waals surface area contributed by atoms with Crippen LogP contribution in [-0.2, 0) is 4.79 Å². The number of hydrazone groups is 1. The summed E-state index contributed by atoms with van der Waals surface area (Å²) in [6.45, 7) is -1.28. The van der Waals surface area contributed by atoms with Gasteiger partial charge in [-0.25, -0.2) is 0 Å². The molecule has 0 aliphatic carbocycles. The van der Waals surface area contributed by atoms with E-state index in [9.17, 15) is 13.6 Å². The van der Waals surface area contributed by atoms with Gasteiger partial charge >= 0.3 is 6.61 Å². The predicted octanol–water partition coefficient (Wildman–Crippen LogP) is 5.40. The SMILES string of the molecule is CC1=NN(c2ccc(Cl)cc2)C(=O)C1=Cc1cc(OC(F)F)ccc1Cl. The van der Waals surface area contributed by atoms with Crippen LogP contribution in [0, 0.1) is 0 Å². The molecule has 1 aliphatic rings. The molecule has 8 heteroatoms. The molecule has 0 atom stereocenters. The molecular formula is C18H12Cl2F2N2O2. The molecule has 0 saturated carbocycles. The molecule has 1 heterocycles. The van der Waals surface area contributed by atoms with E-state index >= 15 is 0 Å². The van der Waals surface area contributed by atoms with Crippen LogP contribution >= 0.6 is 23.2 Å². The second-order valence-electron chi connectivity index (χ2n) is 5.40. The van der Waals surface area contributed by atoms with Crippen molar-refractivity contribution in [1.82, 2.24) is 0 Å². The van der Waals surface area contributed by atoms with Crippen molar-refractivity contribution in [3.05, 3.63) is 63.6 Å². The van der Waals surface area contributed by atoms with Crippen molar-refractivity contribution < 1.29 is 18.3 Å². The zero-order valence-electron chi connectivity index (χ0n) is 13.4. The number of amides is 1. The van der Waals surface area contributed by atoms with Crippen LogP contribution in [0.4, 0.5) is 14.5 Å². The largest absolute Gasteiger partial charge is 0.435 e. The lowest BCUT2D eigenvalue weighted by atomic mass is 10.1. The third kappa shape index (κ3) is 3.86. The van der Waals surface area contributed by atoms with Crippen molar-refractivity contribution in [3.63, 3.8) is 0 Å². The number of hydrogen-bond acceptors (Lipinski definition) is 3. The van der Waals surface area contributed by atoms with Gasteiger partial charge in [-0.2, -0.15) is 18.9 Å². The summed E-state index contributed by atoms with van der Waals surface area (Å²) in [6.07, 6.45) is 1.50. The summed E-state index contributed by atoms with van der Waals surface area (Å²) in [7, 11) is 0. The summed E-state index contributed by atoms with van der Waals surface area (Å²) in [5, 5.41) is 6.32. The number of ether oxygens (including phenoxy) is 1. The molecule has 1 amide bonds. The van der Waals surface area contributed by atoms with Crippen LogP contribution in [-0.4, -0.2) is 18.2 Å². The maximum Gasteiger partial charge on any atom is 0.387 e. The molecule has 1 aliphatic heterocycles. The van der Waals surface area contributed by atoms with Crippen molar-refractivity contribution in [2.24, 2.45) is 5.10 Å². The molecule has 0 saturated heterocycles. The molecule has 2 aromatic rings. The van der Waals surface area contributed by atoms with Crippen molar-refractivity contribution in [3.8, 4) is 5.75 Å². The smallest absolute Gasteiger partial charge is 0.387 e. The van der Waals surface area contributed by atoms with Crippen LogP contribution in [0.2, 0.25) is 10.0 Å². The van der Waals surface area contributed by atoms with Crippen LogP contribution in [0.1, 0.15) is 12.5 Å². The van der Waals surface area contributed by atoms with E-state index in [1.54, 1.807) is 31.2 Å². The van der Waals surface area contributed by atoms with E-state index in [-0.39, 0.29) is 11.7 Å². The van der Waals surface area contributed by atoms with Gasteiger partial charge < -0.3 is 4.74 Å². The number of carbonyl (C=O) groups excluding carboxylic acids is 1. The van der Waals surface area contributed by atoms with E-state index in [1.807, 2.05) is 0 Å². The molecule has 0 fully saturated rings. The normalized spacial score (nSPS) is 15.8. The fourth-order valence-electron chi connectivity index (χ4n) is 2.41. The van der Waals surface area contributed by atoms with Gasteiger partial charge in [0.25, 0.3) is 5.91 Å². The Morgan fingerprint density at radius 2 is 1.85 bits per heavy atom. The molecule has 0 unspecified atom stereocenters. The standard InChI is InChI=1S/C18H12Cl2F2N2O2/c1-10-15(9-11-8-14(26-18(21)22)6-7-16(11)20)17(25)24(23-10)13-4-2-12(19)3-5-13/h2-9,18H,1H3. The Morgan fingerprint density at radius 3 is 2.50 bits per heavy atom. The van der Waals surface area contributed by atoms with Gasteiger partial charge in [0.2, 0.25) is 0 Å². The summed E-state index contributed by atoms with van der Waals surface area (Å²) in [5.74, 6) is -0.410. The summed E-state index contributed by atoms with van der Waals surface area (Å²) >= 11 is 12.0. The first-order chi connectivity index (χ1) is 12.3. The Balaban J connectivity index is 1.93. The first-order valence-electron chi connectivity index (χ1n) is 7.47. The molecule has 4 nitrogen and oxygen atoms in total. The number of rotatable bonds is 4. The van der Waals surface area contributed by atoms with Gasteiger partial charge in [0, 0.05) is 10.0 Å². The lowest BCUT2D eigenvalue weighted by Gasteiger charge is -2.11. The predicted molar refractivity (Wildman–Crippen MR) is 98.1 cm³/mol. The quantitative estimate of drug-likeness (QED) is 0.649. The highest BCUT2D eigenvalue weighted by Gasteiger charge is 2.28. The van der Waals surface area contributed by atoms with E-state index in [2.05, 4.69) is 9.84 Å². The number of anilines is 1. The minimum absolute atomic E-state index is 0.0501. The summed E-state index contributed by atoms with van der Waals surface area (Å²) in [5.41, 5.74) is 1.71. The molecule has 0 spiro atoms. The first-order valence-corrected chi connectivity index (χ1v) is 8.22. The van der Waals surface area contributed by atoms with Crippen LogP contribution in [0.3, 0.4) is 0 Å². The Bertz CT molecular complexity index is 912. The Hall–Kier alpha value is -2.44. The van der Waals surface area contributed by atoms with Crippen molar-refractivity contribution in [2.75, 3.05) is 5.01 Å². The minimum Gasteiger partial charge on any atom is -0.435 e. The fraction of sp³-hybridized carbons (Fsp3) is 0.111. The Labute approximate surface area is 158 Å². The molecule has 2 aromatic carbocycles. The van der Waals surface area contributed by atoms with Crippen LogP contribution in [0.25, 0.3) is 6.08 Å². The average molecular weight is 397 g/mol. The molecule has 0 N–H and O–H groups in total. The number of nitrogens with zero attached hydrogens (tertiary/aromatic N) is 2. The third-order valence-corrected chi connectivity index (χ3v) is 4.22. The number of alkyl halides is 2. The maximum atomic E-state index is 12.7. The number of halogens is 4. The van der Waals surface area contributed by atoms with Gasteiger partial charge in [0.05, 0.1) is 17.0 Å². The number of hydrogen-bond donors (Lipinski definition) is 0. The zero-order valence-corrected chi connectivity index (χ0v) is 14.9. The topological polar surface area (TPSA) is 41.9 Å². The molecule has 0 radical (unpaired) electrons. The Kier molecular flexibility index (Phi) is 5.25. The summed E-state index contributed by atoms with van der Waals surface area (Å²) in [4.78, 5) is 12.7. The molecule has 0 aromatic heterocycles. The van der Waals surface area contributed by atoms with Crippen LogP contribution < -0.4 is 9.75 Å². The number of carbonyl (C=O) groups is 1. The number of benzene rings is 2. The molecule has 0 bridgehead atoms. The molecular weight excluding hydrogens is 385 g/mol. The van der Waals surface area contributed by atoms with Crippen molar-refractivity contribution in [1.29, 1.82) is 0 Å². The van der Waals surface area contributed by atoms with Crippen LogP contribution in [0.15, 0.2) is 53.1 Å². The minimum atomic E-state index is -2.95.